The summed E-state index contributed by atoms with van der Waals surface area (Å²) in [6.07, 6.45) is -0.119. The molecule has 3 aliphatic rings. The van der Waals surface area contributed by atoms with Gasteiger partial charge < -0.3 is 28.4 Å². The first kappa shape index (κ1) is 13.7. The average molecular weight is 328 g/mol. The summed E-state index contributed by atoms with van der Waals surface area (Å²) in [6.45, 7) is 0.794. The van der Waals surface area contributed by atoms with E-state index >= 15 is 0 Å². The molecule has 24 heavy (non-hydrogen) atoms. The standard InChI is InChI=1S/C18H16O6/c1-19-14-4-10-12(5-15(14)20-2)21-7-11-9-3-16-17(23-8-22-16)6-13(9)24-18(10)11/h3-6,11,18H,7-8H2,1-2H3. The predicted octanol–water partition coefficient (Wildman–Crippen LogP) is 3.04. The molecule has 2 aromatic carbocycles. The van der Waals surface area contributed by atoms with Crippen molar-refractivity contribution in [1.82, 2.24) is 0 Å². The third-order valence-electron chi connectivity index (χ3n) is 4.76. The van der Waals surface area contributed by atoms with Gasteiger partial charge in [-0.1, -0.05) is 0 Å². The molecular formula is C18H16O6. The van der Waals surface area contributed by atoms with E-state index < -0.39 is 0 Å². The highest BCUT2D eigenvalue weighted by Crippen LogP contribution is 2.55. The lowest BCUT2D eigenvalue weighted by atomic mass is 9.89. The van der Waals surface area contributed by atoms with Crippen LogP contribution in [0, 0.1) is 0 Å². The summed E-state index contributed by atoms with van der Waals surface area (Å²) in [6, 6.07) is 7.67. The van der Waals surface area contributed by atoms with Gasteiger partial charge in [-0.25, -0.2) is 0 Å². The molecule has 5 rings (SSSR count). The van der Waals surface area contributed by atoms with Crippen LogP contribution < -0.4 is 28.4 Å². The van der Waals surface area contributed by atoms with Gasteiger partial charge >= 0.3 is 0 Å². The van der Waals surface area contributed by atoms with Gasteiger partial charge in [0.25, 0.3) is 0 Å². The van der Waals surface area contributed by atoms with E-state index in [2.05, 4.69) is 0 Å². The minimum Gasteiger partial charge on any atom is -0.493 e. The van der Waals surface area contributed by atoms with Crippen LogP contribution in [-0.4, -0.2) is 27.6 Å². The molecular weight excluding hydrogens is 312 g/mol. The summed E-state index contributed by atoms with van der Waals surface area (Å²) in [4.78, 5) is 0. The first-order chi connectivity index (χ1) is 11.8. The SMILES string of the molecule is COc1cc2c(cc1OC)C1Oc3cc4c(cc3C1CO2)OCO4. The van der Waals surface area contributed by atoms with E-state index in [1.807, 2.05) is 24.3 Å². The van der Waals surface area contributed by atoms with Crippen molar-refractivity contribution in [2.45, 2.75) is 12.0 Å². The van der Waals surface area contributed by atoms with Gasteiger partial charge in [-0.2, -0.15) is 0 Å². The fourth-order valence-corrected chi connectivity index (χ4v) is 3.57. The highest BCUT2D eigenvalue weighted by Gasteiger charge is 2.42. The number of methoxy groups -OCH3 is 2. The number of rotatable bonds is 2. The molecule has 6 nitrogen and oxygen atoms in total. The molecule has 0 spiro atoms. The summed E-state index contributed by atoms with van der Waals surface area (Å²) in [7, 11) is 3.23. The highest BCUT2D eigenvalue weighted by atomic mass is 16.7. The van der Waals surface area contributed by atoms with Gasteiger partial charge in [0.15, 0.2) is 23.0 Å². The van der Waals surface area contributed by atoms with E-state index in [9.17, 15) is 0 Å². The van der Waals surface area contributed by atoms with Crippen molar-refractivity contribution in [2.24, 2.45) is 0 Å². The summed E-state index contributed by atoms with van der Waals surface area (Å²) in [5, 5.41) is 0. The van der Waals surface area contributed by atoms with Crippen molar-refractivity contribution >= 4 is 0 Å². The van der Waals surface area contributed by atoms with Crippen LogP contribution in [0.2, 0.25) is 0 Å². The normalized spacial score (nSPS) is 21.9. The second-order valence-corrected chi connectivity index (χ2v) is 5.94. The van der Waals surface area contributed by atoms with Crippen LogP contribution in [0.25, 0.3) is 0 Å². The monoisotopic (exact) mass is 328 g/mol. The Morgan fingerprint density at radius 2 is 1.54 bits per heavy atom. The van der Waals surface area contributed by atoms with Crippen molar-refractivity contribution in [1.29, 1.82) is 0 Å². The van der Waals surface area contributed by atoms with E-state index in [1.54, 1.807) is 14.2 Å². The van der Waals surface area contributed by atoms with E-state index in [0.29, 0.717) is 18.1 Å². The molecule has 0 radical (unpaired) electrons. The Kier molecular flexibility index (Phi) is 2.77. The molecule has 2 unspecified atom stereocenters. The van der Waals surface area contributed by atoms with Crippen molar-refractivity contribution in [3.63, 3.8) is 0 Å². The van der Waals surface area contributed by atoms with Gasteiger partial charge in [0.1, 0.15) is 17.6 Å². The van der Waals surface area contributed by atoms with Crippen LogP contribution in [0.5, 0.6) is 34.5 Å². The second-order valence-electron chi connectivity index (χ2n) is 5.94. The van der Waals surface area contributed by atoms with E-state index in [4.69, 9.17) is 28.4 Å². The van der Waals surface area contributed by atoms with Crippen LogP contribution in [-0.2, 0) is 0 Å². The topological polar surface area (TPSA) is 55.4 Å². The molecule has 0 aliphatic carbocycles. The van der Waals surface area contributed by atoms with Crippen LogP contribution in [0.4, 0.5) is 0 Å². The Hall–Kier alpha value is -2.76. The van der Waals surface area contributed by atoms with Gasteiger partial charge in [-0.3, -0.25) is 0 Å². The first-order valence-corrected chi connectivity index (χ1v) is 7.77. The van der Waals surface area contributed by atoms with Crippen molar-refractivity contribution < 1.29 is 28.4 Å². The zero-order valence-corrected chi connectivity index (χ0v) is 13.3. The number of fused-ring (bicyclic) bond motifs is 6. The molecule has 0 amide bonds. The number of hydrogen-bond acceptors (Lipinski definition) is 6. The van der Waals surface area contributed by atoms with Crippen LogP contribution in [0.3, 0.4) is 0 Å². The number of hydrogen-bond donors (Lipinski definition) is 0. The maximum atomic E-state index is 6.22. The van der Waals surface area contributed by atoms with Crippen molar-refractivity contribution in [3.8, 4) is 34.5 Å². The minimum absolute atomic E-state index is 0.111. The van der Waals surface area contributed by atoms with Crippen LogP contribution >= 0.6 is 0 Å². The summed E-state index contributed by atoms with van der Waals surface area (Å²) < 4.78 is 33.9. The molecule has 124 valence electrons. The lowest BCUT2D eigenvalue weighted by Gasteiger charge is -2.28. The predicted molar refractivity (Wildman–Crippen MR) is 83.7 cm³/mol. The van der Waals surface area contributed by atoms with Gasteiger partial charge in [-0.15, -0.1) is 0 Å². The Labute approximate surface area is 138 Å². The molecule has 0 saturated carbocycles. The van der Waals surface area contributed by atoms with Crippen molar-refractivity contribution in [2.75, 3.05) is 27.6 Å². The third-order valence-corrected chi connectivity index (χ3v) is 4.76. The number of ether oxygens (including phenoxy) is 6. The molecule has 6 heteroatoms. The molecule has 0 N–H and O–H groups in total. The second kappa shape index (κ2) is 4.87. The molecule has 0 bridgehead atoms. The fourth-order valence-electron chi connectivity index (χ4n) is 3.57. The lowest BCUT2D eigenvalue weighted by molar-refractivity contribution is 0.137. The quantitative estimate of drug-likeness (QED) is 0.844. The smallest absolute Gasteiger partial charge is 0.231 e. The summed E-state index contributed by atoms with van der Waals surface area (Å²) in [5.74, 6) is 4.49. The molecule has 0 fully saturated rings. The van der Waals surface area contributed by atoms with Gasteiger partial charge in [0.05, 0.1) is 26.7 Å². The summed E-state index contributed by atoms with van der Waals surface area (Å²) >= 11 is 0. The Balaban J connectivity index is 1.59. The average Bonchev–Trinajstić information content (AvgIpc) is 3.21. The lowest BCUT2D eigenvalue weighted by Crippen LogP contribution is -2.23. The number of benzene rings is 2. The maximum absolute atomic E-state index is 6.22. The molecule has 0 saturated heterocycles. The van der Waals surface area contributed by atoms with Gasteiger partial charge in [-0.05, 0) is 12.1 Å². The van der Waals surface area contributed by atoms with E-state index in [1.165, 1.54) is 0 Å². The molecule has 2 atom stereocenters. The van der Waals surface area contributed by atoms with Crippen LogP contribution in [0.15, 0.2) is 24.3 Å². The zero-order valence-electron chi connectivity index (χ0n) is 13.3. The minimum atomic E-state index is -0.119. The van der Waals surface area contributed by atoms with E-state index in [-0.39, 0.29) is 18.8 Å². The zero-order chi connectivity index (χ0) is 16.3. The Morgan fingerprint density at radius 1 is 0.792 bits per heavy atom. The summed E-state index contributed by atoms with van der Waals surface area (Å²) in [5.41, 5.74) is 2.05. The molecule has 0 aromatic heterocycles. The maximum Gasteiger partial charge on any atom is 0.231 e. The Bertz CT molecular complexity index is 831. The van der Waals surface area contributed by atoms with Crippen molar-refractivity contribution in [3.05, 3.63) is 35.4 Å². The Morgan fingerprint density at radius 3 is 2.33 bits per heavy atom. The molecule has 2 aromatic rings. The molecule has 3 aliphatic heterocycles. The highest BCUT2D eigenvalue weighted by molar-refractivity contribution is 5.59. The fraction of sp³-hybridized carbons (Fsp3) is 0.333. The van der Waals surface area contributed by atoms with Crippen LogP contribution in [0.1, 0.15) is 23.1 Å². The van der Waals surface area contributed by atoms with E-state index in [0.717, 1.165) is 34.1 Å². The largest absolute Gasteiger partial charge is 0.493 e. The molecule has 3 heterocycles. The third kappa shape index (κ3) is 1.76. The first-order valence-electron chi connectivity index (χ1n) is 7.77. The van der Waals surface area contributed by atoms with Gasteiger partial charge in [0.2, 0.25) is 6.79 Å². The van der Waals surface area contributed by atoms with Gasteiger partial charge in [0, 0.05) is 23.3 Å².